The van der Waals surface area contributed by atoms with Crippen molar-refractivity contribution in [2.24, 2.45) is 0 Å². The number of carboxylic acid groups (broad SMARTS) is 1. The normalized spacial score (nSPS) is 11.8. The molecule has 18 heavy (non-hydrogen) atoms. The predicted molar refractivity (Wildman–Crippen MR) is 57.4 cm³/mol. The Morgan fingerprint density at radius 3 is 2.67 bits per heavy atom. The minimum absolute atomic E-state index is 0.0189. The maximum absolute atomic E-state index is 11.8. The molecule has 7 heteroatoms. The third-order valence-electron chi connectivity index (χ3n) is 2.28. The number of carboxylic acids is 1. The maximum atomic E-state index is 11.8. The Bertz CT molecular complexity index is 412. The van der Waals surface area contributed by atoms with Crippen LogP contribution in [0.15, 0.2) is 10.5 Å². The number of carbonyl (C=O) groups is 1. The van der Waals surface area contributed by atoms with Crippen molar-refractivity contribution in [3.05, 3.63) is 23.2 Å². The van der Waals surface area contributed by atoms with E-state index in [-0.39, 0.29) is 25.3 Å². The second-order valence-electron chi connectivity index (χ2n) is 3.93. The van der Waals surface area contributed by atoms with Crippen LogP contribution in [0.25, 0.3) is 0 Å². The molecule has 0 radical (unpaired) electrons. The van der Waals surface area contributed by atoms with Crippen LogP contribution in [-0.2, 0) is 6.54 Å². The summed E-state index contributed by atoms with van der Waals surface area (Å²) in [5, 5.41) is 11.5. The molecular weight excluding hydrogens is 251 g/mol. The Labute approximate surface area is 102 Å². The molecule has 0 aliphatic rings. The van der Waals surface area contributed by atoms with Gasteiger partial charge in [-0.25, -0.2) is 4.79 Å². The summed E-state index contributed by atoms with van der Waals surface area (Å²) in [6, 6.07) is 1.56. The van der Waals surface area contributed by atoms with Gasteiger partial charge in [0.2, 0.25) is 5.76 Å². The van der Waals surface area contributed by atoms with E-state index in [0.717, 1.165) is 0 Å². The second-order valence-corrected chi connectivity index (χ2v) is 3.93. The molecule has 0 unspecified atom stereocenters. The molecule has 4 nitrogen and oxygen atoms in total. The number of hydrogen-bond donors (Lipinski definition) is 2. The first-order chi connectivity index (χ1) is 8.29. The number of rotatable bonds is 6. The molecule has 1 heterocycles. The molecule has 1 aromatic heterocycles. The van der Waals surface area contributed by atoms with Crippen LogP contribution in [0.3, 0.4) is 0 Å². The number of aromatic carboxylic acids is 1. The minimum atomic E-state index is -4.14. The van der Waals surface area contributed by atoms with Crippen LogP contribution in [0.1, 0.15) is 34.7 Å². The van der Waals surface area contributed by atoms with Crippen molar-refractivity contribution >= 4 is 5.97 Å². The molecule has 0 bridgehead atoms. The second kappa shape index (κ2) is 5.90. The zero-order chi connectivity index (χ0) is 13.8. The van der Waals surface area contributed by atoms with Crippen molar-refractivity contribution in [1.82, 2.24) is 5.32 Å². The highest BCUT2D eigenvalue weighted by molar-refractivity contribution is 5.86. The van der Waals surface area contributed by atoms with Crippen LogP contribution >= 0.6 is 0 Å². The molecule has 2 N–H and O–H groups in total. The highest BCUT2D eigenvalue weighted by Crippen LogP contribution is 2.20. The van der Waals surface area contributed by atoms with Gasteiger partial charge in [0.15, 0.2) is 0 Å². The van der Waals surface area contributed by atoms with Crippen LogP contribution < -0.4 is 5.32 Å². The molecule has 0 aliphatic carbocycles. The van der Waals surface area contributed by atoms with Crippen LogP contribution in [0.4, 0.5) is 13.2 Å². The lowest BCUT2D eigenvalue weighted by atomic mass is 10.2. The average molecular weight is 265 g/mol. The fourth-order valence-corrected chi connectivity index (χ4v) is 1.47. The summed E-state index contributed by atoms with van der Waals surface area (Å²) >= 11 is 0. The molecule has 0 amide bonds. The number of halogens is 3. The highest BCUT2D eigenvalue weighted by Gasteiger charge is 2.25. The molecular formula is C11H14F3NO3. The van der Waals surface area contributed by atoms with E-state index in [4.69, 9.17) is 9.52 Å². The van der Waals surface area contributed by atoms with E-state index in [1.165, 1.54) is 0 Å². The van der Waals surface area contributed by atoms with Crippen molar-refractivity contribution in [2.45, 2.75) is 32.5 Å². The van der Waals surface area contributed by atoms with Gasteiger partial charge in [-0.1, -0.05) is 0 Å². The van der Waals surface area contributed by atoms with E-state index in [2.05, 4.69) is 5.32 Å². The molecule has 0 saturated heterocycles. The van der Waals surface area contributed by atoms with Gasteiger partial charge in [-0.2, -0.15) is 13.2 Å². The molecule has 0 spiro atoms. The summed E-state index contributed by atoms with van der Waals surface area (Å²) in [5.74, 6) is -0.894. The van der Waals surface area contributed by atoms with E-state index in [1.54, 1.807) is 13.0 Å². The molecule has 0 aliphatic heterocycles. The van der Waals surface area contributed by atoms with Gasteiger partial charge in [-0.05, 0) is 26.0 Å². The summed E-state index contributed by atoms with van der Waals surface area (Å²) < 4.78 is 40.6. The van der Waals surface area contributed by atoms with E-state index >= 15 is 0 Å². The Kier molecular flexibility index (Phi) is 4.77. The fraction of sp³-hybridized carbons (Fsp3) is 0.545. The molecule has 0 saturated carbocycles. The number of nitrogens with one attached hydrogen (secondary N) is 1. The summed E-state index contributed by atoms with van der Waals surface area (Å²) in [6.45, 7) is 2.01. The van der Waals surface area contributed by atoms with Crippen molar-refractivity contribution in [1.29, 1.82) is 0 Å². The molecule has 0 fully saturated rings. The maximum Gasteiger partial charge on any atom is 0.389 e. The monoisotopic (exact) mass is 265 g/mol. The third-order valence-corrected chi connectivity index (χ3v) is 2.28. The minimum Gasteiger partial charge on any atom is -0.475 e. The largest absolute Gasteiger partial charge is 0.475 e. The summed E-state index contributed by atoms with van der Waals surface area (Å²) in [5.41, 5.74) is 0.495. The van der Waals surface area contributed by atoms with Gasteiger partial charge in [0, 0.05) is 12.0 Å². The third kappa shape index (κ3) is 4.79. The Balaban J connectivity index is 2.32. The molecule has 1 aromatic rings. The van der Waals surface area contributed by atoms with Crippen molar-refractivity contribution in [2.75, 3.05) is 6.54 Å². The van der Waals surface area contributed by atoms with Gasteiger partial charge in [0.1, 0.15) is 5.76 Å². The molecule has 0 aromatic carbocycles. The van der Waals surface area contributed by atoms with Gasteiger partial charge in [0.25, 0.3) is 0 Å². The first-order valence-electron chi connectivity index (χ1n) is 5.39. The summed E-state index contributed by atoms with van der Waals surface area (Å²) in [7, 11) is 0. The Hall–Kier alpha value is -1.50. The Morgan fingerprint density at radius 2 is 2.17 bits per heavy atom. The molecule has 1 rings (SSSR count). The SMILES string of the molecule is Cc1cc(CNCCCC(F)(F)F)oc1C(=O)O. The van der Waals surface area contributed by atoms with Crippen molar-refractivity contribution in [3.63, 3.8) is 0 Å². The van der Waals surface area contributed by atoms with Crippen molar-refractivity contribution in [3.8, 4) is 0 Å². The average Bonchev–Trinajstić information content (AvgIpc) is 2.57. The number of hydrogen-bond acceptors (Lipinski definition) is 3. The van der Waals surface area contributed by atoms with E-state index in [1.807, 2.05) is 0 Å². The van der Waals surface area contributed by atoms with Crippen LogP contribution in [0.2, 0.25) is 0 Å². The molecule has 102 valence electrons. The number of furan rings is 1. The van der Waals surface area contributed by atoms with Crippen LogP contribution in [0, 0.1) is 6.92 Å². The van der Waals surface area contributed by atoms with Gasteiger partial charge < -0.3 is 14.8 Å². The first-order valence-corrected chi connectivity index (χ1v) is 5.39. The smallest absolute Gasteiger partial charge is 0.389 e. The van der Waals surface area contributed by atoms with Gasteiger partial charge in [0.05, 0.1) is 6.54 Å². The lowest BCUT2D eigenvalue weighted by molar-refractivity contribution is -0.135. The van der Waals surface area contributed by atoms with Crippen molar-refractivity contribution < 1.29 is 27.5 Å². The van der Waals surface area contributed by atoms with Crippen LogP contribution in [0.5, 0.6) is 0 Å². The van der Waals surface area contributed by atoms with Gasteiger partial charge in [-0.3, -0.25) is 0 Å². The van der Waals surface area contributed by atoms with Gasteiger partial charge >= 0.3 is 12.1 Å². The Morgan fingerprint density at radius 1 is 1.50 bits per heavy atom. The van der Waals surface area contributed by atoms with E-state index < -0.39 is 18.6 Å². The summed E-state index contributed by atoms with van der Waals surface area (Å²) in [6.07, 6.45) is -4.99. The fourth-order valence-electron chi connectivity index (χ4n) is 1.47. The van der Waals surface area contributed by atoms with E-state index in [0.29, 0.717) is 11.3 Å². The molecule has 0 atom stereocenters. The van der Waals surface area contributed by atoms with E-state index in [9.17, 15) is 18.0 Å². The zero-order valence-corrected chi connectivity index (χ0v) is 9.80. The quantitative estimate of drug-likeness (QED) is 0.776. The zero-order valence-electron chi connectivity index (χ0n) is 9.80. The number of alkyl halides is 3. The first kappa shape index (κ1) is 14.6. The van der Waals surface area contributed by atoms with Crippen LogP contribution in [-0.4, -0.2) is 23.8 Å². The number of aryl methyl sites for hydroxylation is 1. The predicted octanol–water partition coefficient (Wildman–Crippen LogP) is 2.72. The lowest BCUT2D eigenvalue weighted by Gasteiger charge is -2.06. The highest BCUT2D eigenvalue weighted by atomic mass is 19.4. The lowest BCUT2D eigenvalue weighted by Crippen LogP contribution is -2.17. The topological polar surface area (TPSA) is 62.5 Å². The van der Waals surface area contributed by atoms with Gasteiger partial charge in [-0.15, -0.1) is 0 Å². The standard InChI is InChI=1S/C11H14F3NO3/c1-7-5-8(18-9(7)10(16)17)6-15-4-2-3-11(12,13)14/h5,15H,2-4,6H2,1H3,(H,16,17). The summed E-state index contributed by atoms with van der Waals surface area (Å²) in [4.78, 5) is 10.7.